The first-order valence-corrected chi connectivity index (χ1v) is 6.36. The molecule has 1 atom stereocenters. The Kier molecular flexibility index (Phi) is 4.46. The quantitative estimate of drug-likeness (QED) is 0.747. The Morgan fingerprint density at radius 2 is 2.26 bits per heavy atom. The fourth-order valence-electron chi connectivity index (χ4n) is 2.06. The van der Waals surface area contributed by atoms with E-state index in [4.69, 9.17) is 5.11 Å². The molecule has 19 heavy (non-hydrogen) atoms. The number of hydrogen-bond acceptors (Lipinski definition) is 4. The minimum Gasteiger partial charge on any atom is -0.481 e. The standard InChI is InChI=1S/C13H17N3O3/c17-12(18)7-9-4-5-10(8-15-9)16-13(19)11-3-1-2-6-14-11/h4-5,8,11,14H,1-3,6-7H2,(H,16,19)(H,17,18)/t11-/m1/s1. The van der Waals surface area contributed by atoms with E-state index in [-0.39, 0.29) is 18.4 Å². The molecule has 0 saturated carbocycles. The summed E-state index contributed by atoms with van der Waals surface area (Å²) in [7, 11) is 0. The van der Waals surface area contributed by atoms with Crippen molar-refractivity contribution < 1.29 is 14.7 Å². The van der Waals surface area contributed by atoms with Gasteiger partial charge < -0.3 is 15.7 Å². The molecule has 1 aliphatic heterocycles. The lowest BCUT2D eigenvalue weighted by molar-refractivity contribution is -0.136. The molecule has 2 rings (SSSR count). The molecular formula is C13H17N3O3. The van der Waals surface area contributed by atoms with Crippen LogP contribution in [0.4, 0.5) is 5.69 Å². The number of carboxylic acids is 1. The van der Waals surface area contributed by atoms with Gasteiger partial charge in [-0.1, -0.05) is 6.42 Å². The van der Waals surface area contributed by atoms with Gasteiger partial charge in [0.15, 0.2) is 0 Å². The smallest absolute Gasteiger partial charge is 0.309 e. The number of pyridine rings is 1. The van der Waals surface area contributed by atoms with Gasteiger partial charge in [-0.05, 0) is 31.5 Å². The van der Waals surface area contributed by atoms with Crippen LogP contribution in [0.3, 0.4) is 0 Å². The molecule has 0 spiro atoms. The molecule has 0 aliphatic carbocycles. The number of amides is 1. The third kappa shape index (κ3) is 4.03. The van der Waals surface area contributed by atoms with Gasteiger partial charge in [0.05, 0.1) is 30.0 Å². The zero-order valence-electron chi connectivity index (χ0n) is 10.6. The Bertz CT molecular complexity index is 453. The maximum absolute atomic E-state index is 11.9. The van der Waals surface area contributed by atoms with Crippen LogP contribution in [0, 0.1) is 0 Å². The van der Waals surface area contributed by atoms with Crippen molar-refractivity contribution in [3.8, 4) is 0 Å². The normalized spacial score (nSPS) is 18.8. The number of carbonyl (C=O) groups excluding carboxylic acids is 1. The van der Waals surface area contributed by atoms with Gasteiger partial charge >= 0.3 is 5.97 Å². The summed E-state index contributed by atoms with van der Waals surface area (Å²) in [5, 5.41) is 14.6. The number of aliphatic carboxylic acids is 1. The third-order valence-electron chi connectivity index (χ3n) is 3.05. The predicted molar refractivity (Wildman–Crippen MR) is 69.8 cm³/mol. The van der Waals surface area contributed by atoms with E-state index in [1.807, 2.05) is 0 Å². The van der Waals surface area contributed by atoms with Crippen LogP contribution >= 0.6 is 0 Å². The van der Waals surface area contributed by atoms with E-state index in [2.05, 4.69) is 15.6 Å². The molecule has 0 bridgehead atoms. The number of aromatic nitrogens is 1. The number of anilines is 1. The number of hydrogen-bond donors (Lipinski definition) is 3. The summed E-state index contributed by atoms with van der Waals surface area (Å²) in [4.78, 5) is 26.5. The van der Waals surface area contributed by atoms with E-state index in [0.29, 0.717) is 11.4 Å². The number of piperidine rings is 1. The van der Waals surface area contributed by atoms with Crippen molar-refractivity contribution in [2.45, 2.75) is 31.7 Å². The van der Waals surface area contributed by atoms with Crippen molar-refractivity contribution in [2.75, 3.05) is 11.9 Å². The minimum atomic E-state index is -0.921. The van der Waals surface area contributed by atoms with Crippen LogP contribution in [0.15, 0.2) is 18.3 Å². The van der Waals surface area contributed by atoms with E-state index in [1.54, 1.807) is 12.1 Å². The summed E-state index contributed by atoms with van der Waals surface area (Å²) in [6.45, 7) is 0.869. The first-order chi connectivity index (χ1) is 9.15. The average Bonchev–Trinajstić information content (AvgIpc) is 2.41. The number of carboxylic acid groups (broad SMARTS) is 1. The summed E-state index contributed by atoms with van der Waals surface area (Å²) >= 11 is 0. The summed E-state index contributed by atoms with van der Waals surface area (Å²) in [5.41, 5.74) is 1.06. The van der Waals surface area contributed by atoms with Crippen molar-refractivity contribution in [1.82, 2.24) is 10.3 Å². The lowest BCUT2D eigenvalue weighted by Gasteiger charge is -2.22. The van der Waals surface area contributed by atoms with Crippen LogP contribution in [0.1, 0.15) is 25.0 Å². The van der Waals surface area contributed by atoms with Crippen LogP contribution in [0.25, 0.3) is 0 Å². The maximum atomic E-state index is 11.9. The molecule has 1 fully saturated rings. The first kappa shape index (κ1) is 13.5. The van der Waals surface area contributed by atoms with Crippen LogP contribution in [-0.4, -0.2) is 34.6 Å². The largest absolute Gasteiger partial charge is 0.481 e. The highest BCUT2D eigenvalue weighted by Crippen LogP contribution is 2.11. The molecule has 6 heteroatoms. The zero-order chi connectivity index (χ0) is 13.7. The third-order valence-corrected chi connectivity index (χ3v) is 3.05. The Hall–Kier alpha value is -1.95. The summed E-state index contributed by atoms with van der Waals surface area (Å²) in [6.07, 6.45) is 4.38. The van der Waals surface area contributed by atoms with Crippen molar-refractivity contribution in [2.24, 2.45) is 0 Å². The number of nitrogens with one attached hydrogen (secondary N) is 2. The molecule has 0 unspecified atom stereocenters. The molecule has 2 heterocycles. The second-order valence-corrected chi connectivity index (χ2v) is 4.60. The second kappa shape index (κ2) is 6.29. The van der Waals surface area contributed by atoms with Crippen LogP contribution in [0.5, 0.6) is 0 Å². The highest BCUT2D eigenvalue weighted by molar-refractivity contribution is 5.94. The van der Waals surface area contributed by atoms with Crippen LogP contribution in [0.2, 0.25) is 0 Å². The first-order valence-electron chi connectivity index (χ1n) is 6.36. The van der Waals surface area contributed by atoms with Crippen LogP contribution in [-0.2, 0) is 16.0 Å². The molecule has 1 saturated heterocycles. The van der Waals surface area contributed by atoms with E-state index < -0.39 is 5.97 Å². The van der Waals surface area contributed by atoms with E-state index in [0.717, 1.165) is 25.8 Å². The molecule has 102 valence electrons. The van der Waals surface area contributed by atoms with Gasteiger partial charge in [0.25, 0.3) is 0 Å². The minimum absolute atomic E-state index is 0.0625. The van der Waals surface area contributed by atoms with E-state index in [9.17, 15) is 9.59 Å². The van der Waals surface area contributed by atoms with Gasteiger partial charge in [0.1, 0.15) is 0 Å². The molecule has 3 N–H and O–H groups in total. The lowest BCUT2D eigenvalue weighted by Crippen LogP contribution is -2.43. The van der Waals surface area contributed by atoms with Gasteiger partial charge in [-0.15, -0.1) is 0 Å². The summed E-state index contributed by atoms with van der Waals surface area (Å²) in [6, 6.07) is 3.14. The zero-order valence-corrected chi connectivity index (χ0v) is 10.6. The second-order valence-electron chi connectivity index (χ2n) is 4.60. The Labute approximate surface area is 111 Å². The maximum Gasteiger partial charge on any atom is 0.309 e. The van der Waals surface area contributed by atoms with Crippen molar-refractivity contribution >= 4 is 17.6 Å². The van der Waals surface area contributed by atoms with Gasteiger partial charge in [-0.3, -0.25) is 14.6 Å². The van der Waals surface area contributed by atoms with Crippen molar-refractivity contribution in [3.05, 3.63) is 24.0 Å². The van der Waals surface area contributed by atoms with E-state index in [1.165, 1.54) is 6.20 Å². The molecule has 1 aromatic heterocycles. The van der Waals surface area contributed by atoms with E-state index >= 15 is 0 Å². The number of carbonyl (C=O) groups is 2. The number of nitrogens with zero attached hydrogens (tertiary/aromatic N) is 1. The van der Waals surface area contributed by atoms with Gasteiger partial charge in [0.2, 0.25) is 5.91 Å². The van der Waals surface area contributed by atoms with Crippen LogP contribution < -0.4 is 10.6 Å². The molecule has 6 nitrogen and oxygen atoms in total. The SMILES string of the molecule is O=C(O)Cc1ccc(NC(=O)[C@H]2CCCCN2)cn1. The molecule has 1 amide bonds. The highest BCUT2D eigenvalue weighted by atomic mass is 16.4. The van der Waals surface area contributed by atoms with Crippen molar-refractivity contribution in [1.29, 1.82) is 0 Å². The Balaban J connectivity index is 1.91. The molecule has 0 radical (unpaired) electrons. The molecule has 0 aromatic carbocycles. The summed E-state index contributed by atoms with van der Waals surface area (Å²) < 4.78 is 0. The highest BCUT2D eigenvalue weighted by Gasteiger charge is 2.20. The Morgan fingerprint density at radius 1 is 1.42 bits per heavy atom. The molecular weight excluding hydrogens is 246 g/mol. The van der Waals surface area contributed by atoms with Crippen molar-refractivity contribution in [3.63, 3.8) is 0 Å². The average molecular weight is 263 g/mol. The molecule has 1 aliphatic rings. The van der Waals surface area contributed by atoms with Gasteiger partial charge in [-0.2, -0.15) is 0 Å². The predicted octanol–water partition coefficient (Wildman–Crippen LogP) is 0.789. The fraction of sp³-hybridized carbons (Fsp3) is 0.462. The lowest BCUT2D eigenvalue weighted by atomic mass is 10.0. The van der Waals surface area contributed by atoms with Gasteiger partial charge in [0, 0.05) is 0 Å². The topological polar surface area (TPSA) is 91.3 Å². The number of rotatable bonds is 4. The monoisotopic (exact) mass is 263 g/mol. The Morgan fingerprint density at radius 3 is 2.84 bits per heavy atom. The fourth-order valence-corrected chi connectivity index (χ4v) is 2.06. The summed E-state index contributed by atoms with van der Waals surface area (Å²) in [5.74, 6) is -0.983. The van der Waals surface area contributed by atoms with Gasteiger partial charge in [-0.25, -0.2) is 0 Å². The molecule has 1 aromatic rings.